The molecule has 2 atom stereocenters. The first-order chi connectivity index (χ1) is 14.9. The van der Waals surface area contributed by atoms with Crippen molar-refractivity contribution in [2.24, 2.45) is 10.9 Å². The van der Waals surface area contributed by atoms with E-state index in [1.54, 1.807) is 0 Å². The maximum Gasteiger partial charge on any atom is 0.248 e. The van der Waals surface area contributed by atoms with Gasteiger partial charge in [0.2, 0.25) is 5.91 Å². The molecule has 170 valence electrons. The van der Waals surface area contributed by atoms with Crippen LogP contribution in [-0.4, -0.2) is 55.4 Å². The zero-order chi connectivity index (χ0) is 22.0. The molecule has 1 amide bonds. The van der Waals surface area contributed by atoms with E-state index in [-0.39, 0.29) is 28.7 Å². The van der Waals surface area contributed by atoms with Crippen molar-refractivity contribution in [2.45, 2.75) is 63.7 Å². The van der Waals surface area contributed by atoms with Gasteiger partial charge in [-0.1, -0.05) is 37.4 Å². The molecule has 0 N–H and O–H groups in total. The number of carbonyl (C=O) groups is 1. The van der Waals surface area contributed by atoms with Gasteiger partial charge in [0.15, 0.2) is 15.0 Å². The first-order valence-electron chi connectivity index (χ1n) is 11.5. The molecule has 0 unspecified atom stereocenters. The summed E-state index contributed by atoms with van der Waals surface area (Å²) in [5.74, 6) is 0.860. The standard InChI is InChI=1S/C23H33N3O3S2/c1-3-25(4-2)18-10-12-19(13-11-18)26-20-15-31(28,29)16-21(20)30-23(26)24-22(27)14-9-17-7-5-6-8-17/h10-13,17,20-21H,3-9,14-16H2,1-2H3/t20-,21+/m0/s1. The Morgan fingerprint density at radius 2 is 1.81 bits per heavy atom. The molecule has 3 aliphatic rings. The van der Waals surface area contributed by atoms with E-state index < -0.39 is 9.84 Å². The van der Waals surface area contributed by atoms with Crippen LogP contribution >= 0.6 is 11.8 Å². The molecule has 3 fully saturated rings. The van der Waals surface area contributed by atoms with E-state index >= 15 is 0 Å². The number of amides is 1. The molecule has 6 nitrogen and oxygen atoms in total. The molecule has 0 aromatic heterocycles. The number of benzene rings is 1. The molecule has 8 heteroatoms. The van der Waals surface area contributed by atoms with E-state index in [9.17, 15) is 13.2 Å². The second-order valence-corrected chi connectivity index (χ2v) is 12.2. The summed E-state index contributed by atoms with van der Waals surface area (Å²) >= 11 is 1.46. The van der Waals surface area contributed by atoms with Crippen molar-refractivity contribution in [3.63, 3.8) is 0 Å². The number of hydrogen-bond donors (Lipinski definition) is 0. The van der Waals surface area contributed by atoms with Crippen molar-refractivity contribution < 1.29 is 13.2 Å². The zero-order valence-corrected chi connectivity index (χ0v) is 20.1. The fourth-order valence-corrected chi connectivity index (χ4v) is 9.00. The Hall–Kier alpha value is -1.54. The van der Waals surface area contributed by atoms with Gasteiger partial charge in [0, 0.05) is 36.1 Å². The number of anilines is 2. The summed E-state index contributed by atoms with van der Waals surface area (Å²) in [6.07, 6.45) is 6.41. The van der Waals surface area contributed by atoms with Gasteiger partial charge in [0.25, 0.3) is 0 Å². The molecule has 2 saturated heterocycles. The van der Waals surface area contributed by atoms with Gasteiger partial charge < -0.3 is 9.80 Å². The molecule has 1 aromatic carbocycles. The highest BCUT2D eigenvalue weighted by Crippen LogP contribution is 2.41. The van der Waals surface area contributed by atoms with Crippen molar-refractivity contribution >= 4 is 44.0 Å². The fraction of sp³-hybridized carbons (Fsp3) is 0.652. The van der Waals surface area contributed by atoms with Crippen LogP contribution in [0, 0.1) is 5.92 Å². The third-order valence-electron chi connectivity index (χ3n) is 6.78. The number of fused-ring (bicyclic) bond motifs is 1. The summed E-state index contributed by atoms with van der Waals surface area (Å²) < 4.78 is 24.5. The molecule has 2 heterocycles. The average molecular weight is 464 g/mol. The number of amidine groups is 1. The van der Waals surface area contributed by atoms with Gasteiger partial charge >= 0.3 is 0 Å². The Bertz CT molecular complexity index is 920. The van der Waals surface area contributed by atoms with Crippen LogP contribution in [0.1, 0.15) is 52.4 Å². The Labute approximate surface area is 190 Å². The largest absolute Gasteiger partial charge is 0.372 e. The number of nitrogens with zero attached hydrogens (tertiary/aromatic N) is 3. The quantitative estimate of drug-likeness (QED) is 0.606. The molecule has 0 spiro atoms. The molecule has 31 heavy (non-hydrogen) atoms. The minimum absolute atomic E-state index is 0.0613. The molecule has 1 saturated carbocycles. The predicted octanol–water partition coefficient (Wildman–Crippen LogP) is 4.10. The van der Waals surface area contributed by atoms with Crippen LogP contribution < -0.4 is 9.80 Å². The summed E-state index contributed by atoms with van der Waals surface area (Å²) in [6, 6.07) is 8.04. The fourth-order valence-electron chi connectivity index (χ4n) is 5.07. The number of rotatable bonds is 7. The topological polar surface area (TPSA) is 70.0 Å². The molecule has 4 rings (SSSR count). The van der Waals surface area contributed by atoms with Crippen molar-refractivity contribution in [3.8, 4) is 0 Å². The van der Waals surface area contributed by atoms with Crippen LogP contribution in [0.5, 0.6) is 0 Å². The Balaban J connectivity index is 1.55. The van der Waals surface area contributed by atoms with Crippen molar-refractivity contribution in [1.29, 1.82) is 0 Å². The Kier molecular flexibility index (Phi) is 6.96. The van der Waals surface area contributed by atoms with Crippen LogP contribution in [-0.2, 0) is 14.6 Å². The lowest BCUT2D eigenvalue weighted by Crippen LogP contribution is -2.37. The lowest BCUT2D eigenvalue weighted by Gasteiger charge is -2.26. The molecule has 0 radical (unpaired) electrons. The summed E-state index contributed by atoms with van der Waals surface area (Å²) in [4.78, 5) is 21.4. The van der Waals surface area contributed by atoms with Crippen LogP contribution in [0.3, 0.4) is 0 Å². The van der Waals surface area contributed by atoms with Gasteiger partial charge in [-0.25, -0.2) is 8.42 Å². The first-order valence-corrected chi connectivity index (χ1v) is 14.2. The Morgan fingerprint density at radius 3 is 2.45 bits per heavy atom. The first kappa shape index (κ1) is 22.6. The van der Waals surface area contributed by atoms with Gasteiger partial charge in [-0.2, -0.15) is 4.99 Å². The summed E-state index contributed by atoms with van der Waals surface area (Å²) in [5.41, 5.74) is 2.05. The highest BCUT2D eigenvalue weighted by atomic mass is 32.2. The lowest BCUT2D eigenvalue weighted by atomic mass is 10.0. The molecule has 1 aromatic rings. The predicted molar refractivity (Wildman–Crippen MR) is 130 cm³/mol. The van der Waals surface area contributed by atoms with Crippen molar-refractivity contribution in [1.82, 2.24) is 0 Å². The van der Waals surface area contributed by atoms with Gasteiger partial charge in [-0.15, -0.1) is 0 Å². The molecule has 0 bridgehead atoms. The van der Waals surface area contributed by atoms with Gasteiger partial charge in [0.05, 0.1) is 17.5 Å². The zero-order valence-electron chi connectivity index (χ0n) is 18.5. The second kappa shape index (κ2) is 9.53. The number of carbonyl (C=O) groups excluding carboxylic acids is 1. The van der Waals surface area contributed by atoms with Crippen LogP contribution in [0.25, 0.3) is 0 Å². The molecule has 2 aliphatic heterocycles. The SMILES string of the molecule is CCN(CC)c1ccc(N2C(=NC(=O)CCC3CCCC3)S[C@@H]3CS(=O)(=O)C[C@@H]32)cc1. The van der Waals surface area contributed by atoms with Crippen LogP contribution in [0.4, 0.5) is 11.4 Å². The van der Waals surface area contributed by atoms with E-state index in [2.05, 4.69) is 35.9 Å². The third-order valence-corrected chi connectivity index (χ3v) is 9.99. The maximum atomic E-state index is 12.6. The number of aliphatic imine (C=N–C) groups is 1. The third kappa shape index (κ3) is 5.11. The Morgan fingerprint density at radius 1 is 1.13 bits per heavy atom. The van der Waals surface area contributed by atoms with E-state index in [0.717, 1.165) is 30.9 Å². The van der Waals surface area contributed by atoms with Gasteiger partial charge in [-0.3, -0.25) is 4.79 Å². The maximum absolute atomic E-state index is 12.6. The molecule has 1 aliphatic carbocycles. The minimum Gasteiger partial charge on any atom is -0.372 e. The van der Waals surface area contributed by atoms with E-state index in [0.29, 0.717) is 17.5 Å². The normalized spacial score (nSPS) is 26.5. The summed E-state index contributed by atoms with van der Waals surface area (Å²) in [5, 5.41) is 0.603. The van der Waals surface area contributed by atoms with E-state index in [1.165, 1.54) is 37.4 Å². The average Bonchev–Trinajstić information content (AvgIpc) is 3.43. The van der Waals surface area contributed by atoms with Gasteiger partial charge in [-0.05, 0) is 50.5 Å². The minimum atomic E-state index is -3.06. The van der Waals surface area contributed by atoms with E-state index in [4.69, 9.17) is 0 Å². The van der Waals surface area contributed by atoms with Crippen LogP contribution in [0.2, 0.25) is 0 Å². The van der Waals surface area contributed by atoms with Crippen molar-refractivity contribution in [3.05, 3.63) is 24.3 Å². The van der Waals surface area contributed by atoms with Crippen molar-refractivity contribution in [2.75, 3.05) is 34.4 Å². The number of thioether (sulfide) groups is 1. The lowest BCUT2D eigenvalue weighted by molar-refractivity contribution is -0.118. The number of sulfone groups is 1. The molecular formula is C23H33N3O3S2. The van der Waals surface area contributed by atoms with Crippen LogP contribution in [0.15, 0.2) is 29.3 Å². The highest BCUT2D eigenvalue weighted by molar-refractivity contribution is 8.16. The van der Waals surface area contributed by atoms with Gasteiger partial charge in [0.1, 0.15) is 0 Å². The second-order valence-electron chi connectivity index (χ2n) is 8.84. The smallest absolute Gasteiger partial charge is 0.248 e. The molecular weight excluding hydrogens is 430 g/mol. The monoisotopic (exact) mass is 463 g/mol. The van der Waals surface area contributed by atoms with E-state index in [1.807, 2.05) is 17.0 Å². The number of hydrogen-bond acceptors (Lipinski definition) is 5. The highest BCUT2D eigenvalue weighted by Gasteiger charge is 2.49. The summed E-state index contributed by atoms with van der Waals surface area (Å²) in [7, 11) is -3.06. The summed E-state index contributed by atoms with van der Waals surface area (Å²) in [6.45, 7) is 6.12.